The third kappa shape index (κ3) is 6.94. The van der Waals surface area contributed by atoms with E-state index in [9.17, 15) is 14.7 Å². The number of aromatic nitrogens is 1. The second-order valence-corrected chi connectivity index (χ2v) is 8.39. The number of aliphatic hydroxyl groups is 1. The molecule has 0 bridgehead atoms. The Labute approximate surface area is 180 Å². The number of carboxylic acids is 1. The van der Waals surface area contributed by atoms with Crippen LogP contribution in [0.15, 0.2) is 10.5 Å². The van der Waals surface area contributed by atoms with E-state index in [1.54, 1.807) is 4.90 Å². The van der Waals surface area contributed by atoms with Crippen molar-refractivity contribution < 1.29 is 24.5 Å². The van der Waals surface area contributed by atoms with Gasteiger partial charge >= 0.3 is 5.97 Å². The quantitative estimate of drug-likeness (QED) is 0.272. The van der Waals surface area contributed by atoms with E-state index in [-0.39, 0.29) is 54.1 Å². The van der Waals surface area contributed by atoms with Crippen LogP contribution in [0.25, 0.3) is 10.4 Å². The lowest BCUT2D eigenvalue weighted by Gasteiger charge is -2.37. The molecule has 0 aliphatic rings. The van der Waals surface area contributed by atoms with Gasteiger partial charge < -0.3 is 19.8 Å². The highest BCUT2D eigenvalue weighted by atomic mass is 32.1. The van der Waals surface area contributed by atoms with Crippen LogP contribution in [-0.4, -0.2) is 64.3 Å². The number of ether oxygens (including phenoxy) is 1. The number of carbonyl (C=O) groups excluding carboxylic acids is 1. The van der Waals surface area contributed by atoms with Crippen molar-refractivity contribution in [3.05, 3.63) is 26.5 Å². The minimum Gasteiger partial charge on any atom is -0.476 e. The maximum atomic E-state index is 13.3. The highest BCUT2D eigenvalue weighted by Gasteiger charge is 2.34. The minimum atomic E-state index is -1.16. The first-order chi connectivity index (χ1) is 14.2. The first-order valence-corrected chi connectivity index (χ1v) is 10.8. The molecule has 1 heterocycles. The number of rotatable bonds is 13. The second-order valence-electron chi connectivity index (χ2n) is 7.50. The number of carboxylic acid groups (broad SMARTS) is 1. The summed E-state index contributed by atoms with van der Waals surface area (Å²) in [6.07, 6.45) is -0.196. The number of carbonyl (C=O) groups is 2. The molecule has 11 heteroatoms. The summed E-state index contributed by atoms with van der Waals surface area (Å²) in [5.41, 5.74) is 8.82. The SMILES string of the molecule is CC[C@@H](C)[C@H](N=[N+]=[N-])C(=O)N(CCOC)[C@H](C[C@@H](O)c1nc(C(=O)O)cs1)C(C)C. The molecular formula is C19H31N5O5S. The average molecular weight is 442 g/mol. The normalized spacial score (nSPS) is 15.2. The van der Waals surface area contributed by atoms with Gasteiger partial charge in [0.1, 0.15) is 17.2 Å². The lowest BCUT2D eigenvalue weighted by Crippen LogP contribution is -2.50. The molecule has 2 N–H and O–H groups in total. The predicted molar refractivity (Wildman–Crippen MR) is 113 cm³/mol. The van der Waals surface area contributed by atoms with Gasteiger partial charge in [0.25, 0.3) is 0 Å². The van der Waals surface area contributed by atoms with Gasteiger partial charge in [-0.05, 0) is 17.4 Å². The van der Waals surface area contributed by atoms with Gasteiger partial charge in [0, 0.05) is 36.4 Å². The number of aliphatic hydroxyl groups excluding tert-OH is 1. The van der Waals surface area contributed by atoms with Crippen LogP contribution in [0.2, 0.25) is 0 Å². The topological polar surface area (TPSA) is 149 Å². The molecule has 1 aromatic rings. The van der Waals surface area contributed by atoms with Crippen molar-refractivity contribution in [2.24, 2.45) is 17.0 Å². The summed E-state index contributed by atoms with van der Waals surface area (Å²) in [7, 11) is 1.53. The zero-order valence-electron chi connectivity index (χ0n) is 18.1. The van der Waals surface area contributed by atoms with Crippen molar-refractivity contribution in [2.75, 3.05) is 20.3 Å². The lowest BCUT2D eigenvalue weighted by atomic mass is 9.93. The summed E-state index contributed by atoms with van der Waals surface area (Å²) < 4.78 is 5.16. The van der Waals surface area contributed by atoms with Crippen molar-refractivity contribution in [2.45, 2.75) is 58.7 Å². The molecule has 168 valence electrons. The largest absolute Gasteiger partial charge is 0.476 e. The van der Waals surface area contributed by atoms with Crippen LogP contribution < -0.4 is 0 Å². The lowest BCUT2D eigenvalue weighted by molar-refractivity contribution is -0.138. The standard InChI is InChI=1S/C19H31N5O5S/c1-6-12(4)16(22-23-20)18(26)24(7-8-29-5)14(11(2)3)9-15(25)17-21-13(10-30-17)19(27)28/h10-12,14-16,25H,6-9H2,1-5H3,(H,27,28)/t12-,14-,15-,16+/m1/s1. The monoisotopic (exact) mass is 441 g/mol. The third-order valence-corrected chi connectivity index (χ3v) is 6.04. The van der Waals surface area contributed by atoms with Crippen LogP contribution >= 0.6 is 11.3 Å². The maximum absolute atomic E-state index is 13.3. The zero-order valence-corrected chi connectivity index (χ0v) is 18.9. The van der Waals surface area contributed by atoms with Gasteiger partial charge in [-0.1, -0.05) is 39.2 Å². The molecule has 0 aromatic carbocycles. The summed E-state index contributed by atoms with van der Waals surface area (Å²) in [5.74, 6) is -1.64. The number of methoxy groups -OCH3 is 1. The van der Waals surface area contributed by atoms with E-state index in [0.717, 1.165) is 11.3 Å². The molecule has 0 saturated heterocycles. The number of azide groups is 1. The molecule has 0 saturated carbocycles. The zero-order chi connectivity index (χ0) is 22.8. The van der Waals surface area contributed by atoms with E-state index in [1.807, 2.05) is 27.7 Å². The summed E-state index contributed by atoms with van der Waals surface area (Å²) >= 11 is 1.06. The molecule has 1 aromatic heterocycles. The van der Waals surface area contributed by atoms with E-state index in [4.69, 9.17) is 15.4 Å². The smallest absolute Gasteiger partial charge is 0.355 e. The van der Waals surface area contributed by atoms with Crippen molar-refractivity contribution in [1.29, 1.82) is 0 Å². The molecular weight excluding hydrogens is 410 g/mol. The van der Waals surface area contributed by atoms with Crippen LogP contribution in [0.1, 0.15) is 62.1 Å². The molecule has 30 heavy (non-hydrogen) atoms. The van der Waals surface area contributed by atoms with Crippen LogP contribution in [0.3, 0.4) is 0 Å². The molecule has 10 nitrogen and oxygen atoms in total. The van der Waals surface area contributed by atoms with E-state index >= 15 is 0 Å². The molecule has 1 amide bonds. The van der Waals surface area contributed by atoms with E-state index in [0.29, 0.717) is 6.42 Å². The third-order valence-electron chi connectivity index (χ3n) is 5.09. The Bertz CT molecular complexity index is 749. The Morgan fingerprint density at radius 3 is 2.53 bits per heavy atom. The van der Waals surface area contributed by atoms with Crippen molar-refractivity contribution in [3.63, 3.8) is 0 Å². The summed E-state index contributed by atoms with van der Waals surface area (Å²) in [4.78, 5) is 32.8. The second kappa shape index (κ2) is 12.5. The van der Waals surface area contributed by atoms with Gasteiger partial charge in [-0.15, -0.1) is 11.3 Å². The fourth-order valence-corrected chi connectivity index (χ4v) is 3.90. The van der Waals surface area contributed by atoms with E-state index < -0.39 is 18.1 Å². The van der Waals surface area contributed by atoms with Gasteiger partial charge in [0.15, 0.2) is 5.69 Å². The van der Waals surface area contributed by atoms with Gasteiger partial charge in [-0.2, -0.15) is 0 Å². The van der Waals surface area contributed by atoms with Gasteiger partial charge in [0.2, 0.25) is 5.91 Å². The molecule has 0 unspecified atom stereocenters. The molecule has 0 aliphatic heterocycles. The van der Waals surface area contributed by atoms with Gasteiger partial charge in [-0.3, -0.25) is 4.79 Å². The molecule has 1 rings (SSSR count). The van der Waals surface area contributed by atoms with Crippen molar-refractivity contribution >= 4 is 23.2 Å². The molecule has 0 spiro atoms. The summed E-state index contributed by atoms with van der Waals surface area (Å²) in [6.45, 7) is 8.20. The molecule has 0 fully saturated rings. The number of hydrogen-bond donors (Lipinski definition) is 2. The van der Waals surface area contributed by atoms with Crippen LogP contribution in [0.4, 0.5) is 0 Å². The molecule has 0 aliphatic carbocycles. The predicted octanol–water partition coefficient (Wildman–Crippen LogP) is 3.49. The van der Waals surface area contributed by atoms with Crippen LogP contribution in [-0.2, 0) is 9.53 Å². The molecule has 0 radical (unpaired) electrons. The van der Waals surface area contributed by atoms with Crippen molar-refractivity contribution in [1.82, 2.24) is 9.88 Å². The van der Waals surface area contributed by atoms with E-state index in [1.165, 1.54) is 12.5 Å². The number of thiazole rings is 1. The first kappa shape index (κ1) is 25.8. The van der Waals surface area contributed by atoms with Crippen LogP contribution in [0, 0.1) is 11.8 Å². The number of amides is 1. The van der Waals surface area contributed by atoms with Crippen LogP contribution in [0.5, 0.6) is 0 Å². The summed E-state index contributed by atoms with van der Waals surface area (Å²) in [5, 5.41) is 25.1. The Hall–Kier alpha value is -2.20. The summed E-state index contributed by atoms with van der Waals surface area (Å²) in [6, 6.07) is -1.24. The first-order valence-electron chi connectivity index (χ1n) is 9.88. The Balaban J connectivity index is 3.19. The number of aromatic carboxylic acids is 1. The highest BCUT2D eigenvalue weighted by molar-refractivity contribution is 7.09. The van der Waals surface area contributed by atoms with Gasteiger partial charge in [0.05, 0.1) is 6.61 Å². The van der Waals surface area contributed by atoms with Gasteiger partial charge in [-0.25, -0.2) is 9.78 Å². The highest BCUT2D eigenvalue weighted by Crippen LogP contribution is 2.28. The Kier molecular flexibility index (Phi) is 10.8. The Morgan fingerprint density at radius 1 is 1.40 bits per heavy atom. The number of hydrogen-bond acceptors (Lipinski definition) is 7. The number of nitrogens with zero attached hydrogens (tertiary/aromatic N) is 5. The van der Waals surface area contributed by atoms with E-state index in [2.05, 4.69) is 15.0 Å². The fraction of sp³-hybridized carbons (Fsp3) is 0.737. The molecule has 4 atom stereocenters. The fourth-order valence-electron chi connectivity index (χ4n) is 3.11. The van der Waals surface area contributed by atoms with Crippen molar-refractivity contribution in [3.8, 4) is 0 Å². The average Bonchev–Trinajstić information content (AvgIpc) is 3.21. The minimum absolute atomic E-state index is 0.0250. The Morgan fingerprint density at radius 2 is 2.07 bits per heavy atom. The maximum Gasteiger partial charge on any atom is 0.355 e.